The third-order valence-electron chi connectivity index (χ3n) is 3.71. The maximum atomic E-state index is 12.7. The third-order valence-corrected chi connectivity index (χ3v) is 4.27. The van der Waals surface area contributed by atoms with Gasteiger partial charge in [0.2, 0.25) is 5.78 Å². The Morgan fingerprint density at radius 1 is 1.18 bits per heavy atom. The molecule has 1 aliphatic rings. The highest BCUT2D eigenvalue weighted by Crippen LogP contribution is 2.30. The van der Waals surface area contributed by atoms with Gasteiger partial charge in [0.1, 0.15) is 5.71 Å². The van der Waals surface area contributed by atoms with Gasteiger partial charge in [0.25, 0.3) is 0 Å². The van der Waals surface area contributed by atoms with Crippen LogP contribution in [0.1, 0.15) is 27.4 Å². The fourth-order valence-electron chi connectivity index (χ4n) is 2.50. The largest absolute Gasteiger partial charge is 0.309 e. The van der Waals surface area contributed by atoms with Crippen LogP contribution in [0, 0.1) is 6.92 Å². The third kappa shape index (κ3) is 2.87. The predicted octanol–water partition coefficient (Wildman–Crippen LogP) is 4.23. The first-order valence-corrected chi connectivity index (χ1v) is 7.68. The van der Waals surface area contributed by atoms with Gasteiger partial charge < -0.3 is 5.43 Å². The molecule has 0 saturated carbocycles. The van der Waals surface area contributed by atoms with E-state index in [1.807, 2.05) is 37.3 Å². The van der Waals surface area contributed by atoms with Crippen molar-refractivity contribution in [1.82, 2.24) is 5.43 Å². The minimum Gasteiger partial charge on any atom is -0.309 e. The number of carbonyl (C=O) groups excluding carboxylic acids is 1. The maximum Gasteiger partial charge on any atom is 0.209 e. The highest BCUT2D eigenvalue weighted by molar-refractivity contribution is 6.48. The van der Waals surface area contributed by atoms with Crippen molar-refractivity contribution in [3.63, 3.8) is 0 Å². The highest BCUT2D eigenvalue weighted by Gasteiger charge is 2.30. The quantitative estimate of drug-likeness (QED) is 0.854. The summed E-state index contributed by atoms with van der Waals surface area (Å²) in [6, 6.07) is 12.8. The van der Waals surface area contributed by atoms with Gasteiger partial charge in [-0.05, 0) is 24.6 Å². The summed E-state index contributed by atoms with van der Waals surface area (Å²) in [5, 5.41) is 5.30. The topological polar surface area (TPSA) is 41.5 Å². The number of hydrogen-bond acceptors (Lipinski definition) is 3. The van der Waals surface area contributed by atoms with Crippen molar-refractivity contribution in [2.24, 2.45) is 5.10 Å². The van der Waals surface area contributed by atoms with E-state index in [9.17, 15) is 4.79 Å². The van der Waals surface area contributed by atoms with Gasteiger partial charge in [0.15, 0.2) is 0 Å². The molecule has 0 amide bonds. The summed E-state index contributed by atoms with van der Waals surface area (Å²) in [6.45, 7) is 2.54. The molecule has 1 N–H and O–H groups in total. The Bertz CT molecular complexity index is 754. The Morgan fingerprint density at radius 2 is 1.91 bits per heavy atom. The molecule has 0 saturated heterocycles. The second-order valence-corrected chi connectivity index (χ2v) is 6.12. The van der Waals surface area contributed by atoms with Crippen molar-refractivity contribution in [2.75, 3.05) is 6.54 Å². The molecule has 1 heterocycles. The molecule has 5 heteroatoms. The van der Waals surface area contributed by atoms with Gasteiger partial charge in [0, 0.05) is 22.2 Å². The average Bonchev–Trinajstić information content (AvgIpc) is 2.96. The number of halogens is 2. The number of hydrazone groups is 1. The first-order valence-electron chi connectivity index (χ1n) is 6.93. The SMILES string of the molecule is Cc1ccc(C(=O)C2=NNC[C@H]2c2ccc(Cl)cc2Cl)cc1. The zero-order valence-corrected chi connectivity index (χ0v) is 13.4. The zero-order valence-electron chi connectivity index (χ0n) is 11.9. The minimum absolute atomic E-state index is 0.0824. The molecule has 112 valence electrons. The fraction of sp³-hybridized carbons (Fsp3) is 0.176. The van der Waals surface area contributed by atoms with Gasteiger partial charge in [-0.2, -0.15) is 5.10 Å². The molecule has 3 rings (SSSR count). The van der Waals surface area contributed by atoms with Gasteiger partial charge in [-0.3, -0.25) is 4.79 Å². The molecule has 0 spiro atoms. The molecule has 0 fully saturated rings. The van der Waals surface area contributed by atoms with Gasteiger partial charge in [0.05, 0.1) is 5.92 Å². The summed E-state index contributed by atoms with van der Waals surface area (Å²) in [7, 11) is 0. The average molecular weight is 333 g/mol. The molecular weight excluding hydrogens is 319 g/mol. The lowest BCUT2D eigenvalue weighted by molar-refractivity contribution is 0.106. The van der Waals surface area contributed by atoms with E-state index in [4.69, 9.17) is 23.2 Å². The number of nitrogens with one attached hydrogen (secondary N) is 1. The molecule has 2 aromatic carbocycles. The zero-order chi connectivity index (χ0) is 15.7. The van der Waals surface area contributed by atoms with E-state index < -0.39 is 0 Å². The summed E-state index contributed by atoms with van der Waals surface area (Å²) >= 11 is 12.2. The normalized spacial score (nSPS) is 17.0. The number of aryl methyl sites for hydroxylation is 1. The van der Waals surface area contributed by atoms with Crippen LogP contribution < -0.4 is 5.43 Å². The number of Topliss-reactive ketones (excluding diaryl/α,β-unsaturated/α-hetero) is 1. The van der Waals surface area contributed by atoms with Gasteiger partial charge in [-0.15, -0.1) is 0 Å². The van der Waals surface area contributed by atoms with Crippen LogP contribution in [-0.2, 0) is 0 Å². The summed E-state index contributed by atoms with van der Waals surface area (Å²) in [4.78, 5) is 12.7. The van der Waals surface area contributed by atoms with Crippen molar-refractivity contribution in [3.05, 3.63) is 69.2 Å². The van der Waals surface area contributed by atoms with Crippen LogP contribution in [0.2, 0.25) is 10.0 Å². The van der Waals surface area contributed by atoms with Crippen molar-refractivity contribution < 1.29 is 4.79 Å². The summed E-state index contributed by atoms with van der Waals surface area (Å²) in [5.41, 5.74) is 5.98. The van der Waals surface area contributed by atoms with Crippen molar-refractivity contribution in [3.8, 4) is 0 Å². The van der Waals surface area contributed by atoms with E-state index in [0.29, 0.717) is 27.9 Å². The lowest BCUT2D eigenvalue weighted by Crippen LogP contribution is -2.22. The van der Waals surface area contributed by atoms with Crippen LogP contribution in [0.5, 0.6) is 0 Å². The molecular formula is C17H14Cl2N2O. The maximum absolute atomic E-state index is 12.7. The standard InChI is InChI=1S/C17H14Cl2N2O/c1-10-2-4-11(5-3-10)17(22)16-14(9-20-21-16)13-7-6-12(18)8-15(13)19/h2-8,14,20H,9H2,1H3/t14-/m0/s1. The van der Waals surface area contributed by atoms with Crippen LogP contribution in [0.4, 0.5) is 0 Å². The number of ketones is 1. The number of nitrogens with zero attached hydrogens (tertiary/aromatic N) is 1. The number of rotatable bonds is 3. The molecule has 0 radical (unpaired) electrons. The number of hydrogen-bond donors (Lipinski definition) is 1. The number of benzene rings is 2. The molecule has 0 aliphatic carbocycles. The van der Waals surface area contributed by atoms with E-state index in [2.05, 4.69) is 10.5 Å². The van der Waals surface area contributed by atoms with Crippen LogP contribution in [-0.4, -0.2) is 18.0 Å². The second-order valence-electron chi connectivity index (χ2n) is 5.27. The minimum atomic E-state index is -0.168. The fourth-order valence-corrected chi connectivity index (χ4v) is 3.04. The monoisotopic (exact) mass is 332 g/mol. The van der Waals surface area contributed by atoms with E-state index in [1.54, 1.807) is 12.1 Å². The predicted molar refractivity (Wildman–Crippen MR) is 90.2 cm³/mol. The first kappa shape index (κ1) is 15.1. The molecule has 0 bridgehead atoms. The van der Waals surface area contributed by atoms with Crippen molar-refractivity contribution in [1.29, 1.82) is 0 Å². The molecule has 1 atom stereocenters. The lowest BCUT2D eigenvalue weighted by atomic mass is 9.90. The molecule has 1 aliphatic heterocycles. The van der Waals surface area contributed by atoms with Gasteiger partial charge in [-0.1, -0.05) is 59.1 Å². The summed E-state index contributed by atoms with van der Waals surface area (Å²) < 4.78 is 0. The van der Waals surface area contributed by atoms with Crippen molar-refractivity contribution >= 4 is 34.7 Å². The molecule has 3 nitrogen and oxygen atoms in total. The summed E-state index contributed by atoms with van der Waals surface area (Å²) in [6.07, 6.45) is 0. The van der Waals surface area contributed by atoms with Gasteiger partial charge in [-0.25, -0.2) is 0 Å². The highest BCUT2D eigenvalue weighted by atomic mass is 35.5. The first-order chi connectivity index (χ1) is 10.6. The molecule has 2 aromatic rings. The van der Waals surface area contributed by atoms with E-state index in [0.717, 1.165) is 11.1 Å². The van der Waals surface area contributed by atoms with Crippen LogP contribution in [0.25, 0.3) is 0 Å². The van der Waals surface area contributed by atoms with E-state index in [-0.39, 0.29) is 11.7 Å². The Kier molecular flexibility index (Phi) is 4.19. The summed E-state index contributed by atoms with van der Waals surface area (Å²) in [5.74, 6) is -0.250. The lowest BCUT2D eigenvalue weighted by Gasteiger charge is -2.13. The van der Waals surface area contributed by atoms with Gasteiger partial charge >= 0.3 is 0 Å². The second kappa shape index (κ2) is 6.11. The Morgan fingerprint density at radius 3 is 2.59 bits per heavy atom. The molecule has 0 unspecified atom stereocenters. The van der Waals surface area contributed by atoms with Crippen LogP contribution in [0.15, 0.2) is 47.6 Å². The Hall–Kier alpha value is -1.84. The van der Waals surface area contributed by atoms with Crippen LogP contribution >= 0.6 is 23.2 Å². The molecule has 22 heavy (non-hydrogen) atoms. The van der Waals surface area contributed by atoms with E-state index in [1.165, 1.54) is 0 Å². The Labute approximate surface area is 138 Å². The van der Waals surface area contributed by atoms with E-state index >= 15 is 0 Å². The van der Waals surface area contributed by atoms with Crippen LogP contribution in [0.3, 0.4) is 0 Å². The molecule has 0 aromatic heterocycles. The smallest absolute Gasteiger partial charge is 0.209 e. The number of carbonyl (C=O) groups is 1. The van der Waals surface area contributed by atoms with Crippen molar-refractivity contribution in [2.45, 2.75) is 12.8 Å². The Balaban J connectivity index is 1.93.